The number of esters is 1. The third-order valence-corrected chi connectivity index (χ3v) is 3.35. The van der Waals surface area contributed by atoms with Crippen molar-refractivity contribution in [2.24, 2.45) is 0 Å². The summed E-state index contributed by atoms with van der Waals surface area (Å²) in [7, 11) is 0. The van der Waals surface area contributed by atoms with Crippen LogP contribution < -0.4 is 0 Å². The molecule has 0 atom stereocenters. The van der Waals surface area contributed by atoms with E-state index in [0.717, 1.165) is 22.5 Å². The van der Waals surface area contributed by atoms with Gasteiger partial charge in [0.2, 0.25) is 0 Å². The Labute approximate surface area is 119 Å². The molecule has 0 fully saturated rings. The predicted octanol–water partition coefficient (Wildman–Crippen LogP) is 3.28. The summed E-state index contributed by atoms with van der Waals surface area (Å²) in [5.74, 6) is -0.321. The van der Waals surface area contributed by atoms with Gasteiger partial charge < -0.3 is 4.74 Å². The van der Waals surface area contributed by atoms with Gasteiger partial charge >= 0.3 is 5.97 Å². The second kappa shape index (κ2) is 5.49. The lowest BCUT2D eigenvalue weighted by Crippen LogP contribution is -2.08. The summed E-state index contributed by atoms with van der Waals surface area (Å²) in [5.41, 5.74) is 5.86. The number of hydrogen-bond acceptors (Lipinski definition) is 3. The van der Waals surface area contributed by atoms with Gasteiger partial charge in [-0.2, -0.15) is 5.10 Å². The van der Waals surface area contributed by atoms with E-state index in [9.17, 15) is 4.79 Å². The second-order valence-corrected chi connectivity index (χ2v) is 5.02. The van der Waals surface area contributed by atoms with Gasteiger partial charge in [-0.15, -0.1) is 0 Å². The number of hydrogen-bond donors (Lipinski definition) is 0. The van der Waals surface area contributed by atoms with E-state index in [-0.39, 0.29) is 5.97 Å². The van der Waals surface area contributed by atoms with Crippen LogP contribution in [-0.2, 0) is 4.74 Å². The van der Waals surface area contributed by atoms with Crippen LogP contribution in [0.4, 0.5) is 0 Å². The Kier molecular flexibility index (Phi) is 3.93. The quantitative estimate of drug-likeness (QED) is 0.805. The number of carbonyl (C=O) groups excluding carboxylic acids is 1. The lowest BCUT2D eigenvalue weighted by Gasteiger charge is -2.13. The lowest BCUT2D eigenvalue weighted by atomic mass is 10.0. The number of aromatic nitrogens is 2. The van der Waals surface area contributed by atoms with Gasteiger partial charge in [-0.3, -0.25) is 0 Å². The molecule has 0 amide bonds. The van der Waals surface area contributed by atoms with Gasteiger partial charge in [0.25, 0.3) is 0 Å². The van der Waals surface area contributed by atoms with E-state index in [0.29, 0.717) is 12.2 Å². The first-order valence-corrected chi connectivity index (χ1v) is 6.75. The van der Waals surface area contributed by atoms with Crippen molar-refractivity contribution < 1.29 is 9.53 Å². The molecule has 0 spiro atoms. The number of nitrogens with zero attached hydrogens (tertiary/aromatic N) is 2. The maximum absolute atomic E-state index is 11.9. The van der Waals surface area contributed by atoms with E-state index in [1.165, 1.54) is 5.56 Å². The Hall–Kier alpha value is -2.10. The van der Waals surface area contributed by atoms with Crippen LogP contribution in [0.2, 0.25) is 0 Å². The van der Waals surface area contributed by atoms with Gasteiger partial charge in [-0.05, 0) is 45.7 Å². The zero-order valence-electron chi connectivity index (χ0n) is 12.7. The summed E-state index contributed by atoms with van der Waals surface area (Å²) in [5, 5.41) is 4.36. The average molecular weight is 272 g/mol. The van der Waals surface area contributed by atoms with E-state index in [2.05, 4.69) is 38.0 Å². The van der Waals surface area contributed by atoms with Crippen molar-refractivity contribution >= 4 is 5.97 Å². The Bertz CT molecular complexity index is 633. The molecule has 0 N–H and O–H groups in total. The van der Waals surface area contributed by atoms with Gasteiger partial charge in [0.05, 0.1) is 24.2 Å². The van der Waals surface area contributed by atoms with Crippen LogP contribution in [0.5, 0.6) is 0 Å². The fourth-order valence-electron chi connectivity index (χ4n) is 2.55. The molecule has 106 valence electrons. The van der Waals surface area contributed by atoms with Crippen molar-refractivity contribution in [2.75, 3.05) is 6.61 Å². The third kappa shape index (κ3) is 2.46. The van der Waals surface area contributed by atoms with Gasteiger partial charge in [-0.25, -0.2) is 9.48 Å². The molecule has 2 aromatic rings. The standard InChI is InChI=1S/C16H20N2O2/c1-6-20-16(19)14-9-17-18(13(14)5)15-11(3)7-10(2)8-12(15)4/h7-9H,6H2,1-5H3. The number of benzene rings is 1. The summed E-state index contributed by atoms with van der Waals surface area (Å²) >= 11 is 0. The molecule has 1 aromatic carbocycles. The second-order valence-electron chi connectivity index (χ2n) is 5.02. The van der Waals surface area contributed by atoms with Crippen molar-refractivity contribution in [3.05, 3.63) is 46.3 Å². The molecular formula is C16H20N2O2. The molecule has 0 saturated carbocycles. The first kappa shape index (κ1) is 14.3. The first-order chi connectivity index (χ1) is 9.45. The monoisotopic (exact) mass is 272 g/mol. The zero-order valence-corrected chi connectivity index (χ0v) is 12.7. The van der Waals surface area contributed by atoms with Crippen LogP contribution in [0.15, 0.2) is 18.3 Å². The van der Waals surface area contributed by atoms with E-state index >= 15 is 0 Å². The molecule has 4 nitrogen and oxygen atoms in total. The summed E-state index contributed by atoms with van der Waals surface area (Å²) in [4.78, 5) is 11.9. The smallest absolute Gasteiger partial charge is 0.341 e. The summed E-state index contributed by atoms with van der Waals surface area (Å²) < 4.78 is 6.86. The highest BCUT2D eigenvalue weighted by molar-refractivity contribution is 5.90. The van der Waals surface area contributed by atoms with Crippen LogP contribution in [0.3, 0.4) is 0 Å². The van der Waals surface area contributed by atoms with Crippen LogP contribution >= 0.6 is 0 Å². The van der Waals surface area contributed by atoms with Gasteiger partial charge in [0.15, 0.2) is 0 Å². The van der Waals surface area contributed by atoms with Crippen LogP contribution in [0.1, 0.15) is 39.7 Å². The fourth-order valence-corrected chi connectivity index (χ4v) is 2.55. The molecule has 0 radical (unpaired) electrons. The zero-order chi connectivity index (χ0) is 14.9. The lowest BCUT2D eigenvalue weighted by molar-refractivity contribution is 0.0525. The number of ether oxygens (including phenoxy) is 1. The molecule has 2 rings (SSSR count). The molecule has 0 bridgehead atoms. The minimum absolute atomic E-state index is 0.321. The molecule has 0 aliphatic heterocycles. The van der Waals surface area contributed by atoms with E-state index in [1.54, 1.807) is 13.1 Å². The highest BCUT2D eigenvalue weighted by Gasteiger charge is 2.18. The van der Waals surface area contributed by atoms with Crippen molar-refractivity contribution in [2.45, 2.75) is 34.6 Å². The normalized spacial score (nSPS) is 10.7. The van der Waals surface area contributed by atoms with Gasteiger partial charge in [0.1, 0.15) is 5.56 Å². The van der Waals surface area contributed by atoms with Crippen molar-refractivity contribution in [3.63, 3.8) is 0 Å². The van der Waals surface area contributed by atoms with Crippen molar-refractivity contribution in [1.29, 1.82) is 0 Å². The van der Waals surface area contributed by atoms with Crippen LogP contribution in [0, 0.1) is 27.7 Å². The number of carbonyl (C=O) groups is 1. The maximum Gasteiger partial charge on any atom is 0.341 e. The molecule has 0 aliphatic rings. The minimum Gasteiger partial charge on any atom is -0.462 e. The molecule has 1 heterocycles. The van der Waals surface area contributed by atoms with Crippen LogP contribution in [0.25, 0.3) is 5.69 Å². The topological polar surface area (TPSA) is 44.1 Å². The van der Waals surface area contributed by atoms with Gasteiger partial charge in [-0.1, -0.05) is 17.7 Å². The predicted molar refractivity (Wildman–Crippen MR) is 78.5 cm³/mol. The summed E-state index contributed by atoms with van der Waals surface area (Å²) in [6.07, 6.45) is 1.58. The molecular weight excluding hydrogens is 252 g/mol. The highest BCUT2D eigenvalue weighted by atomic mass is 16.5. The van der Waals surface area contributed by atoms with Crippen molar-refractivity contribution in [1.82, 2.24) is 9.78 Å². The fraction of sp³-hybridized carbons (Fsp3) is 0.375. The Balaban J connectivity index is 2.53. The molecule has 0 saturated heterocycles. The van der Waals surface area contributed by atoms with Gasteiger partial charge in [0, 0.05) is 0 Å². The third-order valence-electron chi connectivity index (χ3n) is 3.35. The SMILES string of the molecule is CCOC(=O)c1cnn(-c2c(C)cc(C)cc2C)c1C. The Morgan fingerprint density at radius 3 is 2.35 bits per heavy atom. The Morgan fingerprint density at radius 2 is 1.80 bits per heavy atom. The van der Waals surface area contributed by atoms with E-state index in [4.69, 9.17) is 4.74 Å². The van der Waals surface area contributed by atoms with E-state index < -0.39 is 0 Å². The summed E-state index contributed by atoms with van der Waals surface area (Å²) in [6, 6.07) is 4.24. The van der Waals surface area contributed by atoms with E-state index in [1.807, 2.05) is 11.6 Å². The minimum atomic E-state index is -0.321. The molecule has 0 unspecified atom stereocenters. The maximum atomic E-state index is 11.9. The van der Waals surface area contributed by atoms with Crippen LogP contribution in [-0.4, -0.2) is 22.4 Å². The molecule has 20 heavy (non-hydrogen) atoms. The molecule has 1 aromatic heterocycles. The number of aryl methyl sites for hydroxylation is 3. The molecule has 4 heteroatoms. The summed E-state index contributed by atoms with van der Waals surface area (Å²) in [6.45, 7) is 10.2. The highest BCUT2D eigenvalue weighted by Crippen LogP contribution is 2.23. The van der Waals surface area contributed by atoms with Crippen molar-refractivity contribution in [3.8, 4) is 5.69 Å². The largest absolute Gasteiger partial charge is 0.462 e. The number of rotatable bonds is 3. The average Bonchev–Trinajstić information content (AvgIpc) is 2.71. The first-order valence-electron chi connectivity index (χ1n) is 6.75. The Morgan fingerprint density at radius 1 is 1.20 bits per heavy atom. The molecule has 0 aliphatic carbocycles.